The van der Waals surface area contributed by atoms with Gasteiger partial charge in [0.15, 0.2) is 0 Å². The lowest BCUT2D eigenvalue weighted by Gasteiger charge is -2.07. The summed E-state index contributed by atoms with van der Waals surface area (Å²) >= 11 is 3.17. The molecule has 2 N–H and O–H groups in total. The topological polar surface area (TPSA) is 83.2 Å². The highest BCUT2D eigenvalue weighted by molar-refractivity contribution is 9.10. The van der Waals surface area contributed by atoms with Gasteiger partial charge in [0.05, 0.1) is 6.61 Å². The van der Waals surface area contributed by atoms with E-state index in [0.29, 0.717) is 11.1 Å². The molecule has 0 aliphatic heterocycles. The highest BCUT2D eigenvalue weighted by Gasteiger charge is 2.09. The predicted octanol–water partition coefficient (Wildman–Crippen LogP) is 2.94. The smallest absolute Gasteiger partial charge is 0.330 e. The van der Waals surface area contributed by atoms with Gasteiger partial charge in [-0.15, -0.1) is 4.98 Å². The van der Waals surface area contributed by atoms with Crippen molar-refractivity contribution in [2.45, 2.75) is 13.3 Å². The summed E-state index contributed by atoms with van der Waals surface area (Å²) in [4.78, 5) is 11.6. The zero-order chi connectivity index (χ0) is 14.5. The highest BCUT2D eigenvalue weighted by Crippen LogP contribution is 2.24. The molecule has 6 nitrogen and oxygen atoms in total. The number of nitrogens with two attached hydrogens (primary N) is 1. The molecule has 2 rings (SSSR count). The molecule has 1 aromatic carbocycles. The molecule has 0 spiro atoms. The van der Waals surface area contributed by atoms with Crippen molar-refractivity contribution in [1.82, 2.24) is 15.0 Å². The Labute approximate surface area is 123 Å². The van der Waals surface area contributed by atoms with Gasteiger partial charge in [-0.2, -0.15) is 9.97 Å². The molecule has 20 heavy (non-hydrogen) atoms. The highest BCUT2D eigenvalue weighted by atomic mass is 79.9. The Morgan fingerprint density at radius 2 is 1.95 bits per heavy atom. The van der Waals surface area contributed by atoms with Crippen LogP contribution >= 0.6 is 15.9 Å². The molecule has 0 fully saturated rings. The van der Waals surface area contributed by atoms with Crippen LogP contribution in [0.15, 0.2) is 22.7 Å². The molecule has 0 amide bonds. The third-order valence-corrected chi connectivity index (χ3v) is 2.55. The van der Waals surface area contributed by atoms with Crippen LogP contribution in [0.3, 0.4) is 0 Å². The van der Waals surface area contributed by atoms with E-state index >= 15 is 0 Å². The molecule has 8 heteroatoms. The molecule has 0 saturated carbocycles. The fourth-order valence-corrected chi connectivity index (χ4v) is 1.79. The Hall–Kier alpha value is -1.96. The first kappa shape index (κ1) is 14.4. The lowest BCUT2D eigenvalue weighted by molar-refractivity contribution is 0.285. The van der Waals surface area contributed by atoms with Crippen molar-refractivity contribution >= 4 is 21.9 Å². The summed E-state index contributed by atoms with van der Waals surface area (Å²) < 4.78 is 24.4. The maximum absolute atomic E-state index is 13.2. The van der Waals surface area contributed by atoms with Gasteiger partial charge in [-0.25, -0.2) is 4.39 Å². The molecular formula is C12H12BrFN4O2. The van der Waals surface area contributed by atoms with E-state index in [9.17, 15) is 4.39 Å². The Bertz CT molecular complexity index is 592. The third-order valence-electron chi connectivity index (χ3n) is 2.09. The van der Waals surface area contributed by atoms with E-state index in [2.05, 4.69) is 30.9 Å². The number of hydrogen-bond acceptors (Lipinski definition) is 6. The Morgan fingerprint density at radius 3 is 2.65 bits per heavy atom. The average Bonchev–Trinajstić information content (AvgIpc) is 2.34. The van der Waals surface area contributed by atoms with Crippen LogP contribution in [0.4, 0.5) is 10.3 Å². The minimum absolute atomic E-state index is 0.0310. The van der Waals surface area contributed by atoms with Gasteiger partial charge < -0.3 is 15.2 Å². The molecule has 1 heterocycles. The first-order valence-corrected chi connectivity index (χ1v) is 6.64. The molecule has 0 unspecified atom stereocenters. The second-order valence-electron chi connectivity index (χ2n) is 3.81. The minimum atomic E-state index is -0.446. The largest absolute Gasteiger partial charge is 0.463 e. The van der Waals surface area contributed by atoms with E-state index < -0.39 is 5.82 Å². The number of benzene rings is 1. The molecule has 106 valence electrons. The fraction of sp³-hybridized carbons (Fsp3) is 0.250. The van der Waals surface area contributed by atoms with Gasteiger partial charge in [0.2, 0.25) is 5.95 Å². The summed E-state index contributed by atoms with van der Waals surface area (Å²) in [5.41, 5.74) is 5.54. The van der Waals surface area contributed by atoms with Crippen LogP contribution in [0.25, 0.3) is 0 Å². The molecule has 0 atom stereocenters. The Balaban J connectivity index is 2.21. The van der Waals surface area contributed by atoms with Crippen LogP contribution in [0.5, 0.6) is 17.8 Å². The van der Waals surface area contributed by atoms with Gasteiger partial charge >= 0.3 is 12.0 Å². The number of halogens is 2. The van der Waals surface area contributed by atoms with Gasteiger partial charge in [0.1, 0.15) is 11.6 Å². The first-order valence-electron chi connectivity index (χ1n) is 5.85. The molecule has 1 aromatic heterocycles. The second-order valence-corrected chi connectivity index (χ2v) is 4.73. The summed E-state index contributed by atoms with van der Waals surface area (Å²) in [6.45, 7) is 2.40. The van der Waals surface area contributed by atoms with Gasteiger partial charge in [-0.3, -0.25) is 0 Å². The molecule has 0 radical (unpaired) electrons. The summed E-state index contributed by atoms with van der Waals surface area (Å²) in [5.74, 6) is -0.237. The van der Waals surface area contributed by atoms with E-state index in [-0.39, 0.29) is 23.7 Å². The molecule has 0 aliphatic rings. The van der Waals surface area contributed by atoms with E-state index in [1.54, 1.807) is 6.07 Å². The predicted molar refractivity (Wildman–Crippen MR) is 74.2 cm³/mol. The Kier molecular flexibility index (Phi) is 4.67. The lowest BCUT2D eigenvalue weighted by Crippen LogP contribution is -2.05. The summed E-state index contributed by atoms with van der Waals surface area (Å²) in [5, 5.41) is 0. The summed E-state index contributed by atoms with van der Waals surface area (Å²) in [6.07, 6.45) is 0.804. The van der Waals surface area contributed by atoms with Crippen molar-refractivity contribution in [2.75, 3.05) is 12.3 Å². The van der Waals surface area contributed by atoms with Gasteiger partial charge in [-0.05, 0) is 18.6 Å². The monoisotopic (exact) mass is 342 g/mol. The van der Waals surface area contributed by atoms with Gasteiger partial charge in [0.25, 0.3) is 0 Å². The minimum Gasteiger partial charge on any atom is -0.463 e. The second kappa shape index (κ2) is 6.47. The molecule has 0 saturated heterocycles. The molecule has 2 aromatic rings. The van der Waals surface area contributed by atoms with Crippen molar-refractivity contribution in [1.29, 1.82) is 0 Å². The molecule has 0 bridgehead atoms. The van der Waals surface area contributed by atoms with Crippen molar-refractivity contribution in [2.24, 2.45) is 0 Å². The maximum Gasteiger partial charge on any atom is 0.330 e. The van der Waals surface area contributed by atoms with Crippen LogP contribution in [0.2, 0.25) is 0 Å². The molecular weight excluding hydrogens is 331 g/mol. The van der Waals surface area contributed by atoms with Crippen LogP contribution in [0.1, 0.15) is 13.3 Å². The van der Waals surface area contributed by atoms with E-state index in [0.717, 1.165) is 6.42 Å². The number of hydrogen-bond donors (Lipinski definition) is 1. The number of anilines is 1. The van der Waals surface area contributed by atoms with Crippen LogP contribution in [-0.2, 0) is 0 Å². The standard InChI is InChI=1S/C12H12BrFN4O2/c1-2-3-19-11-16-10(15)17-12(18-11)20-9-5-7(13)4-8(14)6-9/h4-6H,2-3H2,1H3,(H2,15,16,17,18). The SMILES string of the molecule is CCCOc1nc(N)nc(Oc2cc(F)cc(Br)c2)n1. The van der Waals surface area contributed by atoms with E-state index in [1.165, 1.54) is 12.1 Å². The fourth-order valence-electron chi connectivity index (χ4n) is 1.35. The maximum atomic E-state index is 13.2. The summed E-state index contributed by atoms with van der Waals surface area (Å²) in [7, 11) is 0. The normalized spacial score (nSPS) is 10.3. The lowest BCUT2D eigenvalue weighted by atomic mass is 10.3. The molecule has 0 aliphatic carbocycles. The quantitative estimate of drug-likeness (QED) is 0.899. The number of ether oxygens (including phenoxy) is 2. The van der Waals surface area contributed by atoms with Crippen molar-refractivity contribution < 1.29 is 13.9 Å². The average molecular weight is 343 g/mol. The zero-order valence-electron chi connectivity index (χ0n) is 10.6. The zero-order valence-corrected chi connectivity index (χ0v) is 12.2. The van der Waals surface area contributed by atoms with Crippen LogP contribution in [0, 0.1) is 5.82 Å². The van der Waals surface area contributed by atoms with Crippen LogP contribution in [-0.4, -0.2) is 21.6 Å². The van der Waals surface area contributed by atoms with Crippen molar-refractivity contribution in [3.63, 3.8) is 0 Å². The number of nitrogens with zero attached hydrogens (tertiary/aromatic N) is 3. The first-order chi connectivity index (χ1) is 9.56. The van der Waals surface area contributed by atoms with Gasteiger partial charge in [0, 0.05) is 10.5 Å². The van der Waals surface area contributed by atoms with Crippen LogP contribution < -0.4 is 15.2 Å². The third kappa shape index (κ3) is 4.02. The summed E-state index contributed by atoms with van der Waals surface area (Å²) in [6, 6.07) is 4.11. The van der Waals surface area contributed by atoms with E-state index in [1.807, 2.05) is 6.92 Å². The Morgan fingerprint density at radius 1 is 1.20 bits per heavy atom. The van der Waals surface area contributed by atoms with Gasteiger partial charge in [-0.1, -0.05) is 22.9 Å². The number of rotatable bonds is 5. The number of nitrogen functional groups attached to an aromatic ring is 1. The van der Waals surface area contributed by atoms with E-state index in [4.69, 9.17) is 15.2 Å². The van der Waals surface area contributed by atoms with Crippen molar-refractivity contribution in [3.8, 4) is 17.8 Å². The number of aromatic nitrogens is 3. The van der Waals surface area contributed by atoms with Crippen molar-refractivity contribution in [3.05, 3.63) is 28.5 Å².